The Hall–Kier alpha value is 0.0600. The van der Waals surface area contributed by atoms with Crippen molar-refractivity contribution in [2.75, 3.05) is 39.5 Å². The van der Waals surface area contributed by atoms with Crippen molar-refractivity contribution >= 4 is 15.6 Å². The Labute approximate surface area is 115 Å². The van der Waals surface area contributed by atoms with Gasteiger partial charge in [0.2, 0.25) is 0 Å². The van der Waals surface area contributed by atoms with Crippen LogP contribution in [-0.4, -0.2) is 89.0 Å². The van der Waals surface area contributed by atoms with Gasteiger partial charge < -0.3 is 44.7 Å². The average Bonchev–Trinajstić information content (AvgIpc) is 2.13. The van der Waals surface area contributed by atoms with E-state index in [1.165, 1.54) is 0 Å². The molecule has 0 spiro atoms. The second-order valence-electron chi connectivity index (χ2n) is 3.04. The summed E-state index contributed by atoms with van der Waals surface area (Å²) in [6, 6.07) is 0. The summed E-state index contributed by atoms with van der Waals surface area (Å²) in [5.74, 6) is 0. The lowest BCUT2D eigenvalue weighted by atomic mass is 10.4. The molecule has 0 atom stereocenters. The maximum Gasteiger partial charge on any atom is 0.466 e. The molecule has 0 unspecified atom stereocenters. The fourth-order valence-corrected chi connectivity index (χ4v) is 0.760. The van der Waals surface area contributed by atoms with Gasteiger partial charge in [0.05, 0.1) is 19.8 Å². The first kappa shape index (κ1) is 25.0. The highest BCUT2D eigenvalue weighted by molar-refractivity contribution is 7.45. The van der Waals surface area contributed by atoms with Crippen LogP contribution in [0.25, 0.3) is 0 Å². The largest absolute Gasteiger partial charge is 0.466 e. The van der Waals surface area contributed by atoms with Gasteiger partial charge >= 0.3 is 15.6 Å². The van der Waals surface area contributed by atoms with Crippen molar-refractivity contribution < 1.29 is 53.8 Å². The molecule has 0 saturated carbocycles. The third-order valence-electron chi connectivity index (χ3n) is 1.25. The van der Waals surface area contributed by atoms with Gasteiger partial charge in [-0.2, -0.15) is 0 Å². The molecule has 0 rings (SSSR count). The summed E-state index contributed by atoms with van der Waals surface area (Å²) < 4.78 is 17.8. The van der Waals surface area contributed by atoms with Gasteiger partial charge in [0.25, 0.3) is 0 Å². The number of aliphatic hydroxyl groups excluding tert-OH is 3. The minimum Gasteiger partial charge on any atom is -0.395 e. The van der Waals surface area contributed by atoms with E-state index in [0.29, 0.717) is 19.6 Å². The second kappa shape index (κ2) is 14.0. The zero-order valence-corrected chi connectivity index (χ0v) is 12.2. The maximum absolute atomic E-state index is 8.88. The van der Waals surface area contributed by atoms with E-state index in [0.717, 1.165) is 0 Å². The molecule has 0 saturated heterocycles. The van der Waals surface area contributed by atoms with Crippen molar-refractivity contribution in [1.29, 1.82) is 0 Å². The van der Waals surface area contributed by atoms with E-state index in [1.54, 1.807) is 4.90 Å². The van der Waals surface area contributed by atoms with Gasteiger partial charge in [-0.05, 0) is 0 Å². The molecule has 0 aliphatic heterocycles. The Morgan fingerprint density at radius 2 is 0.750 bits per heavy atom. The van der Waals surface area contributed by atoms with Crippen molar-refractivity contribution in [2.45, 2.75) is 0 Å². The summed E-state index contributed by atoms with van der Waals surface area (Å²) in [6.07, 6.45) is 0. The van der Waals surface area contributed by atoms with Gasteiger partial charge in [-0.25, -0.2) is 9.13 Å². The molecule has 0 radical (unpaired) electrons. The standard InChI is InChI=1S/C6H15NO3.2H3O4P/c8-4-1-7(2-5-9)3-6-10;2*1-5(2,3)4/h8-10H,1-6H2;2*(H3,1,2,3,4). The molecule has 0 amide bonds. The summed E-state index contributed by atoms with van der Waals surface area (Å²) in [5, 5.41) is 25.5. The van der Waals surface area contributed by atoms with Crippen LogP contribution in [0.15, 0.2) is 0 Å². The molecule has 20 heavy (non-hydrogen) atoms. The molecule has 126 valence electrons. The molecular weight excluding hydrogens is 324 g/mol. The first-order chi connectivity index (χ1) is 8.85. The first-order valence-corrected chi connectivity index (χ1v) is 8.09. The molecular formula is C6H21NO11P2. The molecule has 0 bridgehead atoms. The minimum absolute atomic E-state index is 0.0694. The number of phosphoric acid groups is 2. The Bertz CT molecular complexity index is 238. The van der Waals surface area contributed by atoms with E-state index in [1.807, 2.05) is 0 Å². The average molecular weight is 345 g/mol. The number of hydrogen-bond donors (Lipinski definition) is 9. The summed E-state index contributed by atoms with van der Waals surface area (Å²) in [4.78, 5) is 44.9. The van der Waals surface area contributed by atoms with Crippen LogP contribution in [0, 0.1) is 0 Å². The second-order valence-corrected chi connectivity index (χ2v) is 5.09. The summed E-state index contributed by atoms with van der Waals surface area (Å²) in [5.41, 5.74) is 0. The Balaban J connectivity index is -0.000000244. The highest BCUT2D eigenvalue weighted by atomic mass is 31.2. The highest BCUT2D eigenvalue weighted by Crippen LogP contribution is 2.26. The van der Waals surface area contributed by atoms with E-state index in [4.69, 9.17) is 53.8 Å². The number of hydrogen-bond acceptors (Lipinski definition) is 6. The predicted molar refractivity (Wildman–Crippen MR) is 66.2 cm³/mol. The monoisotopic (exact) mass is 345 g/mol. The molecule has 0 aromatic heterocycles. The lowest BCUT2D eigenvalue weighted by molar-refractivity contribution is 0.136. The first-order valence-electron chi connectivity index (χ1n) is 4.96. The normalized spacial score (nSPS) is 11.3. The van der Waals surface area contributed by atoms with Crippen LogP contribution in [0.1, 0.15) is 0 Å². The molecule has 0 aliphatic rings. The maximum atomic E-state index is 8.88. The fraction of sp³-hybridized carbons (Fsp3) is 1.00. The zero-order chi connectivity index (χ0) is 16.8. The van der Waals surface area contributed by atoms with Crippen LogP contribution in [-0.2, 0) is 9.13 Å². The van der Waals surface area contributed by atoms with Gasteiger partial charge in [0.15, 0.2) is 0 Å². The molecule has 0 aromatic rings. The van der Waals surface area contributed by atoms with Crippen molar-refractivity contribution in [3.8, 4) is 0 Å². The molecule has 0 heterocycles. The Morgan fingerprint density at radius 1 is 0.600 bits per heavy atom. The van der Waals surface area contributed by atoms with E-state index in [-0.39, 0.29) is 19.8 Å². The quantitative estimate of drug-likeness (QED) is 0.213. The van der Waals surface area contributed by atoms with E-state index < -0.39 is 15.6 Å². The number of nitrogens with zero attached hydrogens (tertiary/aromatic N) is 1. The lowest BCUT2D eigenvalue weighted by Crippen LogP contribution is -2.32. The van der Waals surface area contributed by atoms with Gasteiger partial charge in [-0.3, -0.25) is 4.90 Å². The van der Waals surface area contributed by atoms with Gasteiger partial charge in [0.1, 0.15) is 0 Å². The van der Waals surface area contributed by atoms with E-state index in [2.05, 4.69) is 0 Å². The Kier molecular flexibility index (Phi) is 17.5. The van der Waals surface area contributed by atoms with Crippen molar-refractivity contribution in [1.82, 2.24) is 4.90 Å². The van der Waals surface area contributed by atoms with Crippen molar-refractivity contribution in [2.24, 2.45) is 0 Å². The van der Waals surface area contributed by atoms with E-state index in [9.17, 15) is 0 Å². The van der Waals surface area contributed by atoms with Crippen LogP contribution in [0.5, 0.6) is 0 Å². The molecule has 14 heteroatoms. The van der Waals surface area contributed by atoms with Crippen molar-refractivity contribution in [3.05, 3.63) is 0 Å². The third-order valence-corrected chi connectivity index (χ3v) is 1.25. The SMILES string of the molecule is O=P(O)(O)O.O=P(O)(O)O.OCCN(CCO)CCO. The van der Waals surface area contributed by atoms with Gasteiger partial charge in [-0.15, -0.1) is 0 Å². The van der Waals surface area contributed by atoms with Crippen LogP contribution in [0.2, 0.25) is 0 Å². The fourth-order valence-electron chi connectivity index (χ4n) is 0.760. The summed E-state index contributed by atoms with van der Waals surface area (Å²) in [6.45, 7) is 1.75. The summed E-state index contributed by atoms with van der Waals surface area (Å²) >= 11 is 0. The van der Waals surface area contributed by atoms with Crippen LogP contribution >= 0.6 is 15.6 Å². The molecule has 0 aromatic carbocycles. The highest BCUT2D eigenvalue weighted by Gasteiger charge is 2.01. The lowest BCUT2D eigenvalue weighted by Gasteiger charge is -2.17. The molecule has 0 fully saturated rings. The summed E-state index contributed by atoms with van der Waals surface area (Å²) in [7, 11) is -9.28. The zero-order valence-electron chi connectivity index (χ0n) is 10.4. The minimum atomic E-state index is -4.64. The van der Waals surface area contributed by atoms with Crippen LogP contribution in [0.4, 0.5) is 0 Å². The van der Waals surface area contributed by atoms with Crippen LogP contribution < -0.4 is 0 Å². The van der Waals surface area contributed by atoms with Crippen LogP contribution in [0.3, 0.4) is 0 Å². The topological polar surface area (TPSA) is 219 Å². The van der Waals surface area contributed by atoms with E-state index >= 15 is 0 Å². The van der Waals surface area contributed by atoms with Gasteiger partial charge in [-0.1, -0.05) is 0 Å². The third kappa shape index (κ3) is 64.0. The number of aliphatic hydroxyl groups is 3. The molecule has 0 aliphatic carbocycles. The number of rotatable bonds is 6. The van der Waals surface area contributed by atoms with Gasteiger partial charge in [0, 0.05) is 19.6 Å². The smallest absolute Gasteiger partial charge is 0.395 e. The molecule has 9 N–H and O–H groups in total. The Morgan fingerprint density at radius 3 is 0.850 bits per heavy atom. The predicted octanol–water partition coefficient (Wildman–Crippen LogP) is -3.59. The van der Waals surface area contributed by atoms with Crippen molar-refractivity contribution in [3.63, 3.8) is 0 Å². The molecule has 12 nitrogen and oxygen atoms in total.